The average molecular weight is 408 g/mol. The molecule has 1 fully saturated rings. The number of likely N-dealkylation sites (tertiary alicyclic amines) is 1. The lowest BCUT2D eigenvalue weighted by Crippen LogP contribution is -2.34. The monoisotopic (exact) mass is 408 g/mol. The summed E-state index contributed by atoms with van der Waals surface area (Å²) in [5, 5.41) is 7.00. The van der Waals surface area contributed by atoms with E-state index in [2.05, 4.69) is 15.5 Å². The molecule has 0 aliphatic carbocycles. The van der Waals surface area contributed by atoms with Crippen molar-refractivity contribution in [3.8, 4) is 28.6 Å². The molecule has 9 nitrogen and oxygen atoms in total. The molecule has 1 unspecified atom stereocenters. The SMILES string of the molecule is COc1cccc(-c2noc(C3CCCN3C(=O)Nc3ccc4c(c3)OCO4)n2)c1. The number of urea groups is 1. The van der Waals surface area contributed by atoms with Gasteiger partial charge in [0.1, 0.15) is 11.8 Å². The Morgan fingerprint density at radius 3 is 3.00 bits per heavy atom. The van der Waals surface area contributed by atoms with Gasteiger partial charge >= 0.3 is 6.03 Å². The van der Waals surface area contributed by atoms with E-state index in [4.69, 9.17) is 18.7 Å². The molecule has 2 aliphatic heterocycles. The van der Waals surface area contributed by atoms with E-state index in [1.165, 1.54) is 0 Å². The summed E-state index contributed by atoms with van der Waals surface area (Å²) in [5.41, 5.74) is 1.43. The minimum Gasteiger partial charge on any atom is -0.497 e. The second-order valence-electron chi connectivity index (χ2n) is 7.04. The predicted octanol–water partition coefficient (Wildman–Crippen LogP) is 3.84. The van der Waals surface area contributed by atoms with E-state index in [-0.39, 0.29) is 18.9 Å². The van der Waals surface area contributed by atoms with Crippen LogP contribution in [0.1, 0.15) is 24.8 Å². The number of benzene rings is 2. The van der Waals surface area contributed by atoms with Crippen molar-refractivity contribution >= 4 is 11.7 Å². The van der Waals surface area contributed by atoms with Crippen LogP contribution in [0.3, 0.4) is 0 Å². The zero-order valence-electron chi connectivity index (χ0n) is 16.3. The Labute approximate surface area is 172 Å². The van der Waals surface area contributed by atoms with Crippen LogP contribution >= 0.6 is 0 Å². The van der Waals surface area contributed by atoms with Crippen LogP contribution in [-0.2, 0) is 0 Å². The molecule has 1 aromatic heterocycles. The summed E-state index contributed by atoms with van der Waals surface area (Å²) < 4.78 is 21.4. The second-order valence-corrected chi connectivity index (χ2v) is 7.04. The van der Waals surface area contributed by atoms with Crippen molar-refractivity contribution in [1.82, 2.24) is 15.0 Å². The molecule has 3 heterocycles. The van der Waals surface area contributed by atoms with Gasteiger partial charge in [0.05, 0.1) is 7.11 Å². The molecule has 30 heavy (non-hydrogen) atoms. The maximum atomic E-state index is 12.9. The van der Waals surface area contributed by atoms with Gasteiger partial charge in [-0.3, -0.25) is 0 Å². The van der Waals surface area contributed by atoms with Gasteiger partial charge in [0.15, 0.2) is 11.5 Å². The topological polar surface area (TPSA) is 99.0 Å². The second kappa shape index (κ2) is 7.58. The quantitative estimate of drug-likeness (QED) is 0.700. The van der Waals surface area contributed by atoms with Crippen molar-refractivity contribution < 1.29 is 23.5 Å². The Balaban J connectivity index is 1.32. The molecule has 2 aliphatic rings. The number of carbonyl (C=O) groups is 1. The highest BCUT2D eigenvalue weighted by molar-refractivity contribution is 5.90. The predicted molar refractivity (Wildman–Crippen MR) is 107 cm³/mol. The van der Waals surface area contributed by atoms with Crippen molar-refractivity contribution in [3.05, 3.63) is 48.4 Å². The van der Waals surface area contributed by atoms with Crippen LogP contribution in [0, 0.1) is 0 Å². The zero-order chi connectivity index (χ0) is 20.5. The number of hydrogen-bond donors (Lipinski definition) is 1. The van der Waals surface area contributed by atoms with E-state index in [1.807, 2.05) is 24.3 Å². The molecule has 0 bridgehead atoms. The van der Waals surface area contributed by atoms with Gasteiger partial charge in [0, 0.05) is 23.9 Å². The Bertz CT molecular complexity index is 1080. The molecule has 0 spiro atoms. The first-order chi connectivity index (χ1) is 14.7. The number of amides is 2. The molecule has 1 atom stereocenters. The van der Waals surface area contributed by atoms with Crippen molar-refractivity contribution in [2.24, 2.45) is 0 Å². The molecule has 1 N–H and O–H groups in total. The number of carbonyl (C=O) groups excluding carboxylic acids is 1. The normalized spacial score (nSPS) is 17.2. The highest BCUT2D eigenvalue weighted by Gasteiger charge is 2.34. The third kappa shape index (κ3) is 3.38. The first kappa shape index (κ1) is 18.3. The average Bonchev–Trinajstić information content (AvgIpc) is 3.53. The van der Waals surface area contributed by atoms with E-state index >= 15 is 0 Å². The summed E-state index contributed by atoms with van der Waals surface area (Å²) in [5.74, 6) is 2.89. The summed E-state index contributed by atoms with van der Waals surface area (Å²) >= 11 is 0. The Morgan fingerprint density at radius 2 is 2.10 bits per heavy atom. The summed E-state index contributed by atoms with van der Waals surface area (Å²) in [6.07, 6.45) is 1.62. The maximum Gasteiger partial charge on any atom is 0.322 e. The molecule has 9 heteroatoms. The minimum atomic E-state index is -0.272. The lowest BCUT2D eigenvalue weighted by atomic mass is 10.2. The maximum absolute atomic E-state index is 12.9. The smallest absolute Gasteiger partial charge is 0.322 e. The number of fused-ring (bicyclic) bond motifs is 1. The third-order valence-corrected chi connectivity index (χ3v) is 5.19. The number of nitrogens with zero attached hydrogens (tertiary/aromatic N) is 3. The zero-order valence-corrected chi connectivity index (χ0v) is 16.3. The summed E-state index contributed by atoms with van der Waals surface area (Å²) in [6, 6.07) is 12.3. The molecule has 3 aromatic rings. The summed E-state index contributed by atoms with van der Waals surface area (Å²) in [7, 11) is 1.61. The van der Waals surface area contributed by atoms with Crippen molar-refractivity contribution in [1.29, 1.82) is 0 Å². The van der Waals surface area contributed by atoms with Gasteiger partial charge in [0.2, 0.25) is 18.5 Å². The van der Waals surface area contributed by atoms with Crippen molar-refractivity contribution in [2.45, 2.75) is 18.9 Å². The molecule has 5 rings (SSSR count). The highest BCUT2D eigenvalue weighted by atomic mass is 16.7. The fraction of sp³-hybridized carbons (Fsp3) is 0.286. The number of aromatic nitrogens is 2. The number of ether oxygens (including phenoxy) is 3. The fourth-order valence-corrected chi connectivity index (χ4v) is 3.69. The van der Waals surface area contributed by atoms with E-state index in [0.29, 0.717) is 41.2 Å². The van der Waals surface area contributed by atoms with Crippen molar-refractivity contribution in [2.75, 3.05) is 25.8 Å². The molecule has 154 valence electrons. The highest BCUT2D eigenvalue weighted by Crippen LogP contribution is 2.36. The summed E-state index contributed by atoms with van der Waals surface area (Å²) in [4.78, 5) is 19.1. The largest absolute Gasteiger partial charge is 0.497 e. The lowest BCUT2D eigenvalue weighted by Gasteiger charge is -2.22. The van der Waals surface area contributed by atoms with Crippen LogP contribution in [0.2, 0.25) is 0 Å². The van der Waals surface area contributed by atoms with Gasteiger partial charge < -0.3 is 29.0 Å². The lowest BCUT2D eigenvalue weighted by molar-refractivity contribution is 0.174. The van der Waals surface area contributed by atoms with Gasteiger partial charge in [-0.15, -0.1) is 0 Å². The van der Waals surface area contributed by atoms with E-state index in [1.54, 1.807) is 30.2 Å². The molecular weight excluding hydrogens is 388 g/mol. The van der Waals surface area contributed by atoms with Crippen LogP contribution in [0.15, 0.2) is 47.0 Å². The van der Waals surface area contributed by atoms with Crippen LogP contribution in [0.25, 0.3) is 11.4 Å². The summed E-state index contributed by atoms with van der Waals surface area (Å²) in [6.45, 7) is 0.797. The first-order valence-corrected chi connectivity index (χ1v) is 9.66. The Morgan fingerprint density at radius 1 is 1.20 bits per heavy atom. The standard InChI is InChI=1S/C21H20N4O5/c1-27-15-5-2-4-13(10-15)19-23-20(30-24-19)16-6-3-9-25(16)21(26)22-14-7-8-17-18(11-14)29-12-28-17/h2,4-5,7-8,10-11,16H,3,6,9,12H2,1H3,(H,22,26). The number of hydrogen-bond acceptors (Lipinski definition) is 7. The van der Waals surface area contributed by atoms with E-state index in [0.717, 1.165) is 18.4 Å². The molecule has 0 radical (unpaired) electrons. The van der Waals surface area contributed by atoms with Crippen LogP contribution in [-0.4, -0.2) is 41.5 Å². The molecule has 2 amide bonds. The first-order valence-electron chi connectivity index (χ1n) is 9.66. The minimum absolute atomic E-state index is 0.188. The molecule has 1 saturated heterocycles. The Hall–Kier alpha value is -3.75. The molecule has 2 aromatic carbocycles. The van der Waals surface area contributed by atoms with Crippen LogP contribution < -0.4 is 19.5 Å². The van der Waals surface area contributed by atoms with Crippen LogP contribution in [0.4, 0.5) is 10.5 Å². The van der Waals surface area contributed by atoms with E-state index < -0.39 is 0 Å². The number of anilines is 1. The van der Waals surface area contributed by atoms with E-state index in [9.17, 15) is 4.79 Å². The Kier molecular flexibility index (Phi) is 4.62. The van der Waals surface area contributed by atoms with Gasteiger partial charge in [-0.25, -0.2) is 4.79 Å². The van der Waals surface area contributed by atoms with Crippen molar-refractivity contribution in [3.63, 3.8) is 0 Å². The van der Waals surface area contributed by atoms with Gasteiger partial charge in [0.25, 0.3) is 0 Å². The molecule has 0 saturated carbocycles. The third-order valence-electron chi connectivity index (χ3n) is 5.19. The van der Waals surface area contributed by atoms with Gasteiger partial charge in [-0.05, 0) is 37.1 Å². The number of nitrogens with one attached hydrogen (secondary N) is 1. The number of rotatable bonds is 4. The number of methoxy groups -OCH3 is 1. The van der Waals surface area contributed by atoms with Gasteiger partial charge in [-0.2, -0.15) is 4.98 Å². The van der Waals surface area contributed by atoms with Crippen LogP contribution in [0.5, 0.6) is 17.2 Å². The van der Waals surface area contributed by atoms with Gasteiger partial charge in [-0.1, -0.05) is 17.3 Å². The fourth-order valence-electron chi connectivity index (χ4n) is 3.69. The molecular formula is C21H20N4O5.